The molecule has 0 radical (unpaired) electrons. The zero-order valence-electron chi connectivity index (χ0n) is 14.6. The Morgan fingerprint density at radius 3 is 3.08 bits per heavy atom. The number of carbonyl (C=O) groups is 1. The van der Waals surface area contributed by atoms with Gasteiger partial charge in [0.1, 0.15) is 0 Å². The van der Waals surface area contributed by atoms with Crippen molar-refractivity contribution in [3.63, 3.8) is 0 Å². The molecule has 1 amide bonds. The van der Waals surface area contributed by atoms with Crippen LogP contribution in [-0.2, 0) is 17.6 Å². The van der Waals surface area contributed by atoms with Gasteiger partial charge in [-0.05, 0) is 62.5 Å². The van der Waals surface area contributed by atoms with E-state index in [1.54, 1.807) is 11.3 Å². The van der Waals surface area contributed by atoms with E-state index in [1.165, 1.54) is 41.5 Å². The number of amides is 1. The Hall–Kier alpha value is -1.34. The Balaban J connectivity index is 1.35. The first kappa shape index (κ1) is 17.1. The monoisotopic (exact) mass is 377 g/mol. The molecule has 0 unspecified atom stereocenters. The van der Waals surface area contributed by atoms with Crippen molar-refractivity contribution in [3.05, 3.63) is 16.5 Å². The number of nitrogens with one attached hydrogen (secondary N) is 1. The number of rotatable bonds is 6. The van der Waals surface area contributed by atoms with Gasteiger partial charge in [-0.15, -0.1) is 21.5 Å². The van der Waals surface area contributed by atoms with Crippen LogP contribution in [0.4, 0.5) is 0 Å². The molecule has 2 heterocycles. The van der Waals surface area contributed by atoms with Gasteiger partial charge in [0, 0.05) is 10.9 Å². The number of aryl methyl sites for hydroxylation is 1. The highest BCUT2D eigenvalue weighted by Crippen LogP contribution is 2.37. The van der Waals surface area contributed by atoms with E-state index in [9.17, 15) is 4.79 Å². The largest absolute Gasteiger partial charge is 0.410 e. The summed E-state index contributed by atoms with van der Waals surface area (Å²) in [5.41, 5.74) is 1.43. The Bertz CT molecular complexity index is 766. The van der Waals surface area contributed by atoms with Crippen LogP contribution >= 0.6 is 23.1 Å². The van der Waals surface area contributed by atoms with E-state index in [4.69, 9.17) is 4.42 Å². The van der Waals surface area contributed by atoms with Gasteiger partial charge in [0.2, 0.25) is 5.91 Å². The van der Waals surface area contributed by atoms with Gasteiger partial charge in [0.15, 0.2) is 0 Å². The van der Waals surface area contributed by atoms with E-state index in [0.717, 1.165) is 23.6 Å². The van der Waals surface area contributed by atoms with Crippen molar-refractivity contribution in [1.29, 1.82) is 0 Å². The lowest BCUT2D eigenvalue weighted by molar-refractivity contribution is -0.119. The zero-order chi connectivity index (χ0) is 17.4. The summed E-state index contributed by atoms with van der Waals surface area (Å²) in [7, 11) is 0. The fraction of sp³-hybridized carbons (Fsp3) is 0.611. The van der Waals surface area contributed by atoms with Gasteiger partial charge < -0.3 is 9.73 Å². The summed E-state index contributed by atoms with van der Waals surface area (Å²) >= 11 is 3.07. The maximum absolute atomic E-state index is 12.0. The third kappa shape index (κ3) is 4.08. The molecule has 0 spiro atoms. The molecule has 2 aliphatic rings. The Kier molecular flexibility index (Phi) is 4.86. The number of thioether (sulfide) groups is 1. The number of hydrogen-bond acceptors (Lipinski definition) is 6. The number of hydrogen-bond donors (Lipinski definition) is 1. The van der Waals surface area contributed by atoms with E-state index < -0.39 is 0 Å². The highest BCUT2D eigenvalue weighted by molar-refractivity contribution is 7.99. The van der Waals surface area contributed by atoms with Crippen molar-refractivity contribution >= 4 is 29.0 Å². The molecular weight excluding hydrogens is 354 g/mol. The van der Waals surface area contributed by atoms with Crippen LogP contribution in [0.5, 0.6) is 0 Å². The predicted molar refractivity (Wildman–Crippen MR) is 99.9 cm³/mol. The topological polar surface area (TPSA) is 68.0 Å². The third-order valence-electron chi connectivity index (χ3n) is 4.99. The second kappa shape index (κ2) is 7.11. The summed E-state index contributed by atoms with van der Waals surface area (Å²) in [5.74, 6) is 2.33. The summed E-state index contributed by atoms with van der Waals surface area (Å²) in [6, 6.07) is 2.47. The Morgan fingerprint density at radius 2 is 2.28 bits per heavy atom. The van der Waals surface area contributed by atoms with Crippen molar-refractivity contribution < 1.29 is 9.21 Å². The molecule has 7 heteroatoms. The van der Waals surface area contributed by atoms with E-state index in [0.29, 0.717) is 22.8 Å². The molecule has 2 atom stereocenters. The number of fused-ring (bicyclic) bond motifs is 1. The predicted octanol–water partition coefficient (Wildman–Crippen LogP) is 3.93. The minimum atomic E-state index is 0.0322. The maximum atomic E-state index is 12.0. The van der Waals surface area contributed by atoms with Crippen molar-refractivity contribution in [2.24, 2.45) is 11.8 Å². The van der Waals surface area contributed by atoms with Crippen LogP contribution < -0.4 is 5.32 Å². The SMILES string of the molecule is C[C@H]1CCc2sc(-c3nnc(SCC(=O)N[C@@H](C)C4CC4)o3)cc2C1. The molecular formula is C18H23N3O2S2. The van der Waals surface area contributed by atoms with Gasteiger partial charge in [-0.25, -0.2) is 0 Å². The molecule has 0 saturated heterocycles. The fourth-order valence-corrected chi connectivity index (χ4v) is 5.02. The zero-order valence-corrected chi connectivity index (χ0v) is 16.2. The number of nitrogens with zero attached hydrogens (tertiary/aromatic N) is 2. The van der Waals surface area contributed by atoms with Crippen molar-refractivity contribution in [1.82, 2.24) is 15.5 Å². The highest BCUT2D eigenvalue weighted by Gasteiger charge is 2.29. The van der Waals surface area contributed by atoms with Crippen LogP contribution in [0.15, 0.2) is 15.7 Å². The molecule has 1 N–H and O–H groups in total. The van der Waals surface area contributed by atoms with Gasteiger partial charge in [0.05, 0.1) is 10.6 Å². The lowest BCUT2D eigenvalue weighted by Gasteiger charge is -2.16. The van der Waals surface area contributed by atoms with Gasteiger partial charge in [0.25, 0.3) is 11.1 Å². The number of carbonyl (C=O) groups excluding carboxylic acids is 1. The highest BCUT2D eigenvalue weighted by atomic mass is 32.2. The molecule has 2 aliphatic carbocycles. The molecule has 0 aromatic carbocycles. The summed E-state index contributed by atoms with van der Waals surface area (Å²) in [4.78, 5) is 14.5. The molecule has 0 aliphatic heterocycles. The van der Waals surface area contributed by atoms with Crippen LogP contribution in [0.3, 0.4) is 0 Å². The molecule has 5 nitrogen and oxygen atoms in total. The van der Waals surface area contributed by atoms with Crippen LogP contribution in [0.25, 0.3) is 10.8 Å². The summed E-state index contributed by atoms with van der Waals surface area (Å²) in [6.45, 7) is 4.38. The lowest BCUT2D eigenvalue weighted by Crippen LogP contribution is -2.35. The molecule has 2 aromatic rings. The van der Waals surface area contributed by atoms with Crippen LogP contribution in [0.1, 0.15) is 43.6 Å². The molecule has 4 rings (SSSR count). The van der Waals surface area contributed by atoms with E-state index in [1.807, 2.05) is 0 Å². The first-order valence-electron chi connectivity index (χ1n) is 8.96. The summed E-state index contributed by atoms with van der Waals surface area (Å²) < 4.78 is 5.76. The quantitative estimate of drug-likeness (QED) is 0.773. The van der Waals surface area contributed by atoms with Crippen molar-refractivity contribution in [2.45, 2.75) is 57.2 Å². The number of thiophene rings is 1. The number of aromatic nitrogens is 2. The van der Waals surface area contributed by atoms with Crippen LogP contribution in [0, 0.1) is 11.8 Å². The first-order chi connectivity index (χ1) is 12.1. The molecule has 134 valence electrons. The average Bonchev–Trinajstić information content (AvgIpc) is 3.19. The van der Waals surface area contributed by atoms with Gasteiger partial charge >= 0.3 is 0 Å². The fourth-order valence-electron chi connectivity index (χ4n) is 3.32. The lowest BCUT2D eigenvalue weighted by atomic mass is 9.90. The molecule has 0 bridgehead atoms. The van der Waals surface area contributed by atoms with Gasteiger partial charge in [-0.1, -0.05) is 18.7 Å². The Labute approximate surface area is 156 Å². The van der Waals surface area contributed by atoms with Gasteiger partial charge in [-0.2, -0.15) is 0 Å². The summed E-state index contributed by atoms with van der Waals surface area (Å²) in [6.07, 6.45) is 6.00. The average molecular weight is 378 g/mol. The van der Waals surface area contributed by atoms with Crippen molar-refractivity contribution in [2.75, 3.05) is 5.75 Å². The Morgan fingerprint density at radius 1 is 1.44 bits per heavy atom. The third-order valence-corrected chi connectivity index (χ3v) is 7.03. The normalized spacial score (nSPS) is 21.0. The van der Waals surface area contributed by atoms with Crippen LogP contribution in [-0.4, -0.2) is 27.9 Å². The molecule has 1 fully saturated rings. The second-order valence-corrected chi connectivity index (χ2v) is 9.33. The second-order valence-electron chi connectivity index (χ2n) is 7.26. The maximum Gasteiger partial charge on any atom is 0.277 e. The van der Waals surface area contributed by atoms with Crippen LogP contribution in [0.2, 0.25) is 0 Å². The van der Waals surface area contributed by atoms with E-state index in [2.05, 4.69) is 35.4 Å². The minimum Gasteiger partial charge on any atom is -0.410 e. The smallest absolute Gasteiger partial charge is 0.277 e. The first-order valence-corrected chi connectivity index (χ1v) is 10.8. The molecule has 2 aromatic heterocycles. The minimum absolute atomic E-state index is 0.0322. The molecule has 25 heavy (non-hydrogen) atoms. The van der Waals surface area contributed by atoms with E-state index in [-0.39, 0.29) is 11.9 Å². The summed E-state index contributed by atoms with van der Waals surface area (Å²) in [5, 5.41) is 11.8. The molecule has 1 saturated carbocycles. The standard InChI is InChI=1S/C18H23N3O2S2/c1-10-3-6-14-13(7-10)8-15(25-14)17-20-21-18(23-17)24-9-16(22)19-11(2)12-4-5-12/h8,10-12H,3-7,9H2,1-2H3,(H,19,22)/t10-,11-/m0/s1. The van der Waals surface area contributed by atoms with Gasteiger partial charge in [-0.3, -0.25) is 4.79 Å². The van der Waals surface area contributed by atoms with Crippen molar-refractivity contribution in [3.8, 4) is 10.8 Å². The van der Waals surface area contributed by atoms with E-state index >= 15 is 0 Å².